The van der Waals surface area contributed by atoms with Crippen molar-refractivity contribution in [2.45, 2.75) is 32.9 Å². The molecule has 7 nitrogen and oxygen atoms in total. The van der Waals surface area contributed by atoms with E-state index in [4.69, 9.17) is 14.7 Å². The molecule has 0 saturated carbocycles. The molecule has 2 N–H and O–H groups in total. The Morgan fingerprint density at radius 1 is 1.40 bits per heavy atom. The van der Waals surface area contributed by atoms with E-state index in [1.54, 1.807) is 23.7 Å². The monoisotopic (exact) mass is 368 g/mol. The second kappa shape index (κ2) is 7.63. The smallest absolute Gasteiger partial charge is 0.274 e. The van der Waals surface area contributed by atoms with Gasteiger partial charge in [0.05, 0.1) is 24.7 Å². The fraction of sp³-hybridized carbons (Fsp3) is 0.529. The number of nitrogens with one attached hydrogen (secondary N) is 1. The Bertz CT molecular complexity index is 657. The lowest BCUT2D eigenvalue weighted by atomic mass is 9.81. The van der Waals surface area contributed by atoms with Crippen molar-refractivity contribution in [3.63, 3.8) is 0 Å². The average molecular weight is 368 g/mol. The third kappa shape index (κ3) is 3.47. The minimum Gasteiger partial charge on any atom is -0.491 e. The molecule has 0 bridgehead atoms. The fourth-order valence-corrected chi connectivity index (χ4v) is 3.07. The molecular formula is C17H24N2O5S. The average Bonchev–Trinajstić information content (AvgIpc) is 2.72. The molecule has 1 saturated heterocycles. The number of rotatable bonds is 3. The number of amides is 2. The molecule has 1 atom stereocenters. The number of ether oxygens (including phenoxy) is 2. The lowest BCUT2D eigenvalue weighted by Gasteiger charge is -2.43. The van der Waals surface area contributed by atoms with Crippen molar-refractivity contribution in [2.75, 3.05) is 19.8 Å². The molecule has 8 heteroatoms. The first-order valence-electron chi connectivity index (χ1n) is 8.09. The molecule has 0 unspecified atom stereocenters. The predicted octanol–water partition coefficient (Wildman–Crippen LogP) is 1.45. The third-order valence-electron chi connectivity index (χ3n) is 4.93. The molecule has 1 aromatic carbocycles. The molecule has 138 valence electrons. The molecule has 2 aliphatic rings. The summed E-state index contributed by atoms with van der Waals surface area (Å²) in [6.45, 7) is 5.67. The zero-order valence-electron chi connectivity index (χ0n) is 14.4. The standard InChI is InChI=1S/C17H22N2O5.H2S/c1-3-17(9-23-10-17)16(21)19-7-13-5-4-12(15(20)18-22)6-14(13)24-8-11(19)2;/h4-6,11,22H,3,7-10H2,1-2H3,(H,18,20);1H2/t11-;/m0./s1. The molecule has 0 radical (unpaired) electrons. The summed E-state index contributed by atoms with van der Waals surface area (Å²) >= 11 is 0. The molecule has 0 aliphatic carbocycles. The fourth-order valence-electron chi connectivity index (χ4n) is 3.07. The Morgan fingerprint density at radius 3 is 2.68 bits per heavy atom. The SMILES string of the molecule is CCC1(C(=O)N2Cc3ccc(C(=O)NO)cc3OC[C@@H]2C)COC1.S. The van der Waals surface area contributed by atoms with Crippen LogP contribution < -0.4 is 10.2 Å². The number of hydrogen-bond acceptors (Lipinski definition) is 5. The number of fused-ring (bicyclic) bond motifs is 1. The van der Waals surface area contributed by atoms with Crippen molar-refractivity contribution in [3.8, 4) is 5.75 Å². The van der Waals surface area contributed by atoms with Crippen LogP contribution in [0.1, 0.15) is 36.2 Å². The molecule has 3 rings (SSSR count). The Kier molecular flexibility index (Phi) is 5.97. The maximum absolute atomic E-state index is 13.0. The Labute approximate surface area is 153 Å². The second-order valence-corrected chi connectivity index (χ2v) is 6.48. The summed E-state index contributed by atoms with van der Waals surface area (Å²) in [6, 6.07) is 4.87. The minimum absolute atomic E-state index is 0. The maximum atomic E-state index is 13.0. The van der Waals surface area contributed by atoms with Gasteiger partial charge < -0.3 is 14.4 Å². The predicted molar refractivity (Wildman–Crippen MR) is 95.1 cm³/mol. The van der Waals surface area contributed by atoms with E-state index in [1.165, 1.54) is 0 Å². The van der Waals surface area contributed by atoms with E-state index >= 15 is 0 Å². The number of carbonyl (C=O) groups is 2. The normalized spacial score (nSPS) is 20.9. The van der Waals surface area contributed by atoms with Crippen LogP contribution >= 0.6 is 13.5 Å². The van der Waals surface area contributed by atoms with Crippen LogP contribution in [0.15, 0.2) is 18.2 Å². The van der Waals surface area contributed by atoms with Crippen molar-refractivity contribution >= 4 is 25.3 Å². The van der Waals surface area contributed by atoms with Gasteiger partial charge in [0.25, 0.3) is 5.91 Å². The lowest BCUT2D eigenvalue weighted by molar-refractivity contribution is -0.176. The summed E-state index contributed by atoms with van der Waals surface area (Å²) in [4.78, 5) is 26.4. The van der Waals surface area contributed by atoms with Crippen molar-refractivity contribution in [3.05, 3.63) is 29.3 Å². The summed E-state index contributed by atoms with van der Waals surface area (Å²) in [5.41, 5.74) is 2.34. The van der Waals surface area contributed by atoms with E-state index in [0.717, 1.165) is 12.0 Å². The molecule has 2 aliphatic heterocycles. The van der Waals surface area contributed by atoms with Gasteiger partial charge in [0, 0.05) is 17.7 Å². The van der Waals surface area contributed by atoms with E-state index in [-0.39, 0.29) is 25.4 Å². The number of nitrogens with zero attached hydrogens (tertiary/aromatic N) is 1. The third-order valence-corrected chi connectivity index (χ3v) is 4.93. The first kappa shape index (κ1) is 19.6. The largest absolute Gasteiger partial charge is 0.491 e. The zero-order valence-corrected chi connectivity index (χ0v) is 15.4. The van der Waals surface area contributed by atoms with Crippen LogP contribution in [0.4, 0.5) is 0 Å². The summed E-state index contributed by atoms with van der Waals surface area (Å²) in [6.07, 6.45) is 0.748. The van der Waals surface area contributed by atoms with E-state index < -0.39 is 11.3 Å². The highest BCUT2D eigenvalue weighted by Crippen LogP contribution is 2.36. The van der Waals surface area contributed by atoms with Crippen LogP contribution in [0.25, 0.3) is 0 Å². The zero-order chi connectivity index (χ0) is 17.3. The van der Waals surface area contributed by atoms with Gasteiger partial charge in [-0.3, -0.25) is 14.8 Å². The number of carbonyl (C=O) groups excluding carboxylic acids is 2. The van der Waals surface area contributed by atoms with Gasteiger partial charge in [0.2, 0.25) is 5.91 Å². The van der Waals surface area contributed by atoms with Gasteiger partial charge >= 0.3 is 0 Å². The van der Waals surface area contributed by atoms with Gasteiger partial charge in [-0.1, -0.05) is 13.0 Å². The highest BCUT2D eigenvalue weighted by Gasteiger charge is 2.47. The molecule has 0 spiro atoms. The first-order valence-corrected chi connectivity index (χ1v) is 8.09. The van der Waals surface area contributed by atoms with Gasteiger partial charge in [-0.25, -0.2) is 5.48 Å². The quantitative estimate of drug-likeness (QED) is 0.623. The first-order chi connectivity index (χ1) is 11.5. The number of hydroxylamine groups is 1. The number of hydrogen-bond donors (Lipinski definition) is 2. The molecular weight excluding hydrogens is 344 g/mol. The van der Waals surface area contributed by atoms with Crippen LogP contribution in [0.5, 0.6) is 5.75 Å². The Balaban J connectivity index is 0.00000225. The van der Waals surface area contributed by atoms with Gasteiger partial charge in [-0.15, -0.1) is 0 Å². The Morgan fingerprint density at radius 2 is 2.12 bits per heavy atom. The summed E-state index contributed by atoms with van der Waals surface area (Å²) in [7, 11) is 0. The van der Waals surface area contributed by atoms with Crippen LogP contribution in [-0.2, 0) is 16.1 Å². The van der Waals surface area contributed by atoms with Crippen molar-refractivity contribution < 1.29 is 24.3 Å². The van der Waals surface area contributed by atoms with Crippen LogP contribution in [0.3, 0.4) is 0 Å². The van der Waals surface area contributed by atoms with Gasteiger partial charge in [0.15, 0.2) is 0 Å². The minimum atomic E-state index is -0.594. The highest BCUT2D eigenvalue weighted by atomic mass is 32.1. The molecule has 1 fully saturated rings. The molecule has 2 heterocycles. The van der Waals surface area contributed by atoms with Gasteiger partial charge in [0.1, 0.15) is 12.4 Å². The lowest BCUT2D eigenvalue weighted by Crippen LogP contribution is -2.57. The van der Waals surface area contributed by atoms with E-state index in [1.807, 2.05) is 18.7 Å². The van der Waals surface area contributed by atoms with Crippen LogP contribution in [-0.4, -0.2) is 47.8 Å². The maximum Gasteiger partial charge on any atom is 0.274 e. The van der Waals surface area contributed by atoms with Crippen molar-refractivity contribution in [1.82, 2.24) is 10.4 Å². The Hall–Kier alpha value is -1.77. The molecule has 2 amide bonds. The van der Waals surface area contributed by atoms with E-state index in [9.17, 15) is 9.59 Å². The molecule has 0 aromatic heterocycles. The van der Waals surface area contributed by atoms with Crippen LogP contribution in [0, 0.1) is 5.41 Å². The summed E-state index contributed by atoms with van der Waals surface area (Å²) < 4.78 is 11.1. The summed E-state index contributed by atoms with van der Waals surface area (Å²) in [5, 5.41) is 8.75. The van der Waals surface area contributed by atoms with Crippen LogP contribution in [0.2, 0.25) is 0 Å². The number of benzene rings is 1. The second-order valence-electron chi connectivity index (χ2n) is 6.48. The summed E-state index contributed by atoms with van der Waals surface area (Å²) in [5.74, 6) is 0.0641. The topological polar surface area (TPSA) is 88.1 Å². The van der Waals surface area contributed by atoms with Crippen molar-refractivity contribution in [1.29, 1.82) is 0 Å². The molecule has 1 aromatic rings. The molecule has 25 heavy (non-hydrogen) atoms. The van der Waals surface area contributed by atoms with Crippen molar-refractivity contribution in [2.24, 2.45) is 5.41 Å². The van der Waals surface area contributed by atoms with E-state index in [2.05, 4.69) is 0 Å². The highest BCUT2D eigenvalue weighted by molar-refractivity contribution is 7.59. The van der Waals surface area contributed by atoms with E-state index in [0.29, 0.717) is 37.7 Å². The van der Waals surface area contributed by atoms with Gasteiger partial charge in [-0.05, 0) is 25.5 Å². The van der Waals surface area contributed by atoms with Gasteiger partial charge in [-0.2, -0.15) is 13.5 Å².